The van der Waals surface area contributed by atoms with Crippen molar-refractivity contribution in [2.75, 3.05) is 19.5 Å². The molecule has 0 aliphatic rings. The van der Waals surface area contributed by atoms with Gasteiger partial charge in [-0.2, -0.15) is 0 Å². The summed E-state index contributed by atoms with van der Waals surface area (Å²) in [4.78, 5) is 38.1. The zero-order chi connectivity index (χ0) is 21.8. The number of hydrogen-bond acceptors (Lipinski definition) is 5. The maximum absolute atomic E-state index is 12.7. The van der Waals surface area contributed by atoms with Crippen LogP contribution in [-0.4, -0.2) is 30.9 Å². The topological polar surface area (TPSA) is 88.9 Å². The highest BCUT2D eigenvalue weighted by Crippen LogP contribution is 2.28. The Bertz CT molecular complexity index is 1150. The van der Waals surface area contributed by atoms with Gasteiger partial charge in [-0.3, -0.25) is 9.59 Å². The van der Waals surface area contributed by atoms with Crippen LogP contribution in [0.2, 0.25) is 0 Å². The van der Waals surface area contributed by atoms with Crippen LogP contribution in [0.1, 0.15) is 35.3 Å². The summed E-state index contributed by atoms with van der Waals surface area (Å²) in [5, 5.41) is 3.37. The molecule has 3 rings (SSSR count). The van der Waals surface area contributed by atoms with Crippen LogP contribution in [0.5, 0.6) is 5.75 Å². The predicted molar refractivity (Wildman–Crippen MR) is 115 cm³/mol. The van der Waals surface area contributed by atoms with Crippen molar-refractivity contribution in [3.8, 4) is 5.75 Å². The molecule has 0 fully saturated rings. The van der Waals surface area contributed by atoms with Gasteiger partial charge in [0.05, 0.1) is 7.11 Å². The van der Waals surface area contributed by atoms with Gasteiger partial charge < -0.3 is 19.4 Å². The molecule has 1 aromatic heterocycles. The van der Waals surface area contributed by atoms with Crippen molar-refractivity contribution in [2.45, 2.75) is 26.8 Å². The van der Waals surface area contributed by atoms with Crippen LogP contribution in [0.3, 0.4) is 0 Å². The summed E-state index contributed by atoms with van der Waals surface area (Å²) < 4.78 is 10.8. The summed E-state index contributed by atoms with van der Waals surface area (Å²) in [6, 6.07) is 12.2. The molecule has 0 aliphatic carbocycles. The maximum atomic E-state index is 12.7. The fourth-order valence-electron chi connectivity index (χ4n) is 3.19. The number of nitrogens with one attached hydrogen (secondary N) is 1. The third kappa shape index (κ3) is 4.35. The van der Waals surface area contributed by atoms with E-state index in [0.29, 0.717) is 35.4 Å². The van der Waals surface area contributed by atoms with E-state index in [-0.39, 0.29) is 11.5 Å². The summed E-state index contributed by atoms with van der Waals surface area (Å²) in [7, 11) is 3.28. The Kier molecular flexibility index (Phi) is 6.20. The largest absolute Gasteiger partial charge is 0.496 e. The minimum atomic E-state index is -0.706. The lowest BCUT2D eigenvalue weighted by molar-refractivity contribution is -0.128. The molecule has 0 spiro atoms. The molecule has 7 heteroatoms. The Morgan fingerprint density at radius 1 is 1.13 bits per heavy atom. The van der Waals surface area contributed by atoms with Crippen LogP contribution in [0.4, 0.5) is 5.69 Å². The average Bonchev–Trinajstić information content (AvgIpc) is 2.73. The summed E-state index contributed by atoms with van der Waals surface area (Å²) >= 11 is 0. The van der Waals surface area contributed by atoms with Gasteiger partial charge in [0.2, 0.25) is 5.91 Å². The minimum absolute atomic E-state index is 0.0285. The molecule has 0 saturated heterocycles. The van der Waals surface area contributed by atoms with E-state index in [1.165, 1.54) is 13.0 Å². The predicted octanol–water partition coefficient (Wildman–Crippen LogP) is 3.59. The van der Waals surface area contributed by atoms with Crippen molar-refractivity contribution in [1.29, 1.82) is 0 Å². The summed E-state index contributed by atoms with van der Waals surface area (Å²) in [6.45, 7) is 3.92. The third-order valence-electron chi connectivity index (χ3n) is 4.95. The van der Waals surface area contributed by atoms with E-state index in [0.717, 1.165) is 11.1 Å². The first-order valence-corrected chi connectivity index (χ1v) is 9.59. The van der Waals surface area contributed by atoms with E-state index in [9.17, 15) is 14.4 Å². The monoisotopic (exact) mass is 408 g/mol. The van der Waals surface area contributed by atoms with Gasteiger partial charge in [-0.1, -0.05) is 19.1 Å². The summed E-state index contributed by atoms with van der Waals surface area (Å²) in [5.41, 5.74) is 1.90. The Balaban J connectivity index is 1.84. The molecule has 2 amide bonds. The van der Waals surface area contributed by atoms with E-state index < -0.39 is 11.5 Å². The van der Waals surface area contributed by atoms with Crippen LogP contribution in [-0.2, 0) is 17.8 Å². The van der Waals surface area contributed by atoms with Gasteiger partial charge in [0.1, 0.15) is 16.9 Å². The standard InChI is InChI=1S/C23H24N2O5/c1-5-18-20(29-4)11-8-16-12-19(23(28)30-21(16)18)22(27)24-17-9-6-15(7-10-17)13-25(3)14(2)26/h6-12H,5,13H2,1-4H3,(H,24,27). The van der Waals surface area contributed by atoms with E-state index in [2.05, 4.69) is 5.32 Å². The highest BCUT2D eigenvalue weighted by molar-refractivity contribution is 6.05. The van der Waals surface area contributed by atoms with Gasteiger partial charge >= 0.3 is 5.63 Å². The number of nitrogens with zero attached hydrogens (tertiary/aromatic N) is 1. The second kappa shape index (κ2) is 8.82. The molecule has 156 valence electrons. The van der Waals surface area contributed by atoms with Crippen molar-refractivity contribution < 1.29 is 18.7 Å². The number of rotatable bonds is 6. The SMILES string of the molecule is CCc1c(OC)ccc2cc(C(=O)Nc3ccc(CN(C)C(C)=O)cc3)c(=O)oc12. The Morgan fingerprint density at radius 2 is 1.83 bits per heavy atom. The zero-order valence-electron chi connectivity index (χ0n) is 17.4. The molecule has 0 atom stereocenters. The number of fused-ring (bicyclic) bond motifs is 1. The molecule has 0 saturated carbocycles. The van der Waals surface area contributed by atoms with E-state index in [1.807, 2.05) is 19.1 Å². The first-order chi connectivity index (χ1) is 14.3. The van der Waals surface area contributed by atoms with Gasteiger partial charge in [-0.15, -0.1) is 0 Å². The van der Waals surface area contributed by atoms with Gasteiger partial charge in [-0.05, 0) is 42.3 Å². The smallest absolute Gasteiger partial charge is 0.349 e. The van der Waals surface area contributed by atoms with Crippen molar-refractivity contribution in [1.82, 2.24) is 4.90 Å². The molecule has 0 unspecified atom stereocenters. The maximum Gasteiger partial charge on any atom is 0.349 e. The number of aryl methyl sites for hydroxylation is 1. The molecular formula is C23H24N2O5. The zero-order valence-corrected chi connectivity index (χ0v) is 17.4. The highest BCUT2D eigenvalue weighted by Gasteiger charge is 2.17. The number of carbonyl (C=O) groups is 2. The van der Waals surface area contributed by atoms with Crippen molar-refractivity contribution in [2.24, 2.45) is 0 Å². The van der Waals surface area contributed by atoms with E-state index in [1.54, 1.807) is 43.3 Å². The quantitative estimate of drug-likeness (QED) is 0.630. The lowest BCUT2D eigenvalue weighted by Gasteiger charge is -2.15. The number of hydrogen-bond donors (Lipinski definition) is 1. The second-order valence-electron chi connectivity index (χ2n) is 6.99. The van der Waals surface area contributed by atoms with E-state index >= 15 is 0 Å². The highest BCUT2D eigenvalue weighted by atomic mass is 16.5. The third-order valence-corrected chi connectivity index (χ3v) is 4.95. The first kappa shape index (κ1) is 21.1. The van der Waals surface area contributed by atoms with E-state index in [4.69, 9.17) is 9.15 Å². The van der Waals surface area contributed by atoms with Crippen LogP contribution in [0.15, 0.2) is 51.7 Å². The molecule has 1 heterocycles. The van der Waals surface area contributed by atoms with Crippen LogP contribution < -0.4 is 15.7 Å². The second-order valence-corrected chi connectivity index (χ2v) is 6.99. The lowest BCUT2D eigenvalue weighted by atomic mass is 10.1. The fourth-order valence-corrected chi connectivity index (χ4v) is 3.19. The fraction of sp³-hybridized carbons (Fsp3) is 0.261. The summed E-state index contributed by atoms with van der Waals surface area (Å²) in [5.74, 6) is 0.0632. The molecule has 2 aromatic carbocycles. The van der Waals surface area contributed by atoms with Crippen molar-refractivity contribution in [3.63, 3.8) is 0 Å². The molecule has 0 bridgehead atoms. The number of carbonyl (C=O) groups excluding carboxylic acids is 2. The Morgan fingerprint density at radius 3 is 2.43 bits per heavy atom. The molecule has 3 aromatic rings. The number of methoxy groups -OCH3 is 1. The van der Waals surface area contributed by atoms with Gasteiger partial charge in [-0.25, -0.2) is 4.79 Å². The lowest BCUT2D eigenvalue weighted by Crippen LogP contribution is -2.23. The van der Waals surface area contributed by atoms with Gasteiger partial charge in [0.25, 0.3) is 5.91 Å². The van der Waals surface area contributed by atoms with Gasteiger partial charge in [0.15, 0.2) is 0 Å². The number of anilines is 1. The van der Waals surface area contributed by atoms with Crippen LogP contribution in [0.25, 0.3) is 11.0 Å². The van der Waals surface area contributed by atoms with Crippen LogP contribution >= 0.6 is 0 Å². The molecule has 30 heavy (non-hydrogen) atoms. The Labute approximate surface area is 174 Å². The number of amides is 2. The normalized spacial score (nSPS) is 10.7. The molecule has 1 N–H and O–H groups in total. The number of ether oxygens (including phenoxy) is 1. The number of benzene rings is 2. The summed E-state index contributed by atoms with van der Waals surface area (Å²) in [6.07, 6.45) is 0.625. The molecule has 7 nitrogen and oxygen atoms in total. The van der Waals surface area contributed by atoms with Crippen molar-refractivity contribution >= 4 is 28.5 Å². The van der Waals surface area contributed by atoms with Crippen molar-refractivity contribution in [3.05, 3.63) is 69.6 Å². The molecular weight excluding hydrogens is 384 g/mol. The van der Waals surface area contributed by atoms with Crippen LogP contribution in [0, 0.1) is 0 Å². The average molecular weight is 408 g/mol. The Hall–Kier alpha value is -3.61. The minimum Gasteiger partial charge on any atom is -0.496 e. The van der Waals surface area contributed by atoms with Gasteiger partial charge in [0, 0.05) is 37.2 Å². The first-order valence-electron chi connectivity index (χ1n) is 9.59. The molecule has 0 aliphatic heterocycles. The molecule has 0 radical (unpaired) electrons.